The van der Waals surface area contributed by atoms with Crippen LogP contribution in [-0.4, -0.2) is 36.5 Å². The summed E-state index contributed by atoms with van der Waals surface area (Å²) >= 11 is 5.07. The van der Waals surface area contributed by atoms with Crippen LogP contribution in [0.15, 0.2) is 9.85 Å². The average Bonchev–Trinajstić information content (AvgIpc) is 3.03. The van der Waals surface area contributed by atoms with Crippen LogP contribution in [0.2, 0.25) is 0 Å². The smallest absolute Gasteiger partial charge is 0.264 e. The summed E-state index contributed by atoms with van der Waals surface area (Å²) in [6, 6.07) is 2.42. The van der Waals surface area contributed by atoms with Gasteiger partial charge in [0.25, 0.3) is 5.91 Å². The van der Waals surface area contributed by atoms with E-state index in [2.05, 4.69) is 33.1 Å². The van der Waals surface area contributed by atoms with Crippen LogP contribution in [-0.2, 0) is 0 Å². The Kier molecular flexibility index (Phi) is 3.71. The topological polar surface area (TPSA) is 32.3 Å². The number of carbonyl (C=O) groups is 1. The number of amides is 1. The number of carbonyl (C=O) groups excluding carboxylic acids is 1. The van der Waals surface area contributed by atoms with Gasteiger partial charge in [0.1, 0.15) is 0 Å². The van der Waals surface area contributed by atoms with Gasteiger partial charge in [-0.3, -0.25) is 4.79 Å². The maximum Gasteiger partial charge on any atom is 0.264 e. The van der Waals surface area contributed by atoms with Crippen molar-refractivity contribution < 1.29 is 4.79 Å². The van der Waals surface area contributed by atoms with E-state index in [4.69, 9.17) is 0 Å². The first-order valence-corrected chi connectivity index (χ1v) is 8.50. The Labute approximate surface area is 126 Å². The molecule has 0 aromatic carbocycles. The minimum absolute atomic E-state index is 0.222. The third-order valence-corrected chi connectivity index (χ3v) is 6.59. The molecule has 2 fully saturated rings. The van der Waals surface area contributed by atoms with Crippen LogP contribution < -0.4 is 5.32 Å². The maximum absolute atomic E-state index is 12.7. The Morgan fingerprint density at radius 2 is 2.37 bits per heavy atom. The summed E-state index contributed by atoms with van der Waals surface area (Å²) in [5, 5.41) is 3.46. The molecule has 1 aromatic rings. The van der Waals surface area contributed by atoms with Gasteiger partial charge in [-0.1, -0.05) is 6.92 Å². The van der Waals surface area contributed by atoms with Crippen molar-refractivity contribution in [3.63, 3.8) is 0 Å². The highest BCUT2D eigenvalue weighted by molar-refractivity contribution is 9.11. The summed E-state index contributed by atoms with van der Waals surface area (Å²) < 4.78 is 1.07. The SMILES string of the molecule is CCC1C2CNCC2CN1C(=O)c1cc(C)c(Br)s1. The fraction of sp³-hybridized carbons (Fsp3) is 0.643. The quantitative estimate of drug-likeness (QED) is 0.896. The molecule has 3 unspecified atom stereocenters. The van der Waals surface area contributed by atoms with Gasteiger partial charge in [-0.05, 0) is 52.7 Å². The van der Waals surface area contributed by atoms with E-state index in [1.165, 1.54) is 0 Å². The molecule has 2 saturated heterocycles. The predicted molar refractivity (Wildman–Crippen MR) is 81.7 cm³/mol. The molecule has 0 spiro atoms. The summed E-state index contributed by atoms with van der Waals surface area (Å²) in [6.07, 6.45) is 1.06. The second-order valence-corrected chi connectivity index (χ2v) is 7.95. The number of nitrogens with zero attached hydrogens (tertiary/aromatic N) is 1. The number of rotatable bonds is 2. The van der Waals surface area contributed by atoms with Crippen LogP contribution in [0, 0.1) is 18.8 Å². The lowest BCUT2D eigenvalue weighted by Crippen LogP contribution is -2.39. The molecule has 3 rings (SSSR count). The molecule has 5 heteroatoms. The molecule has 1 N–H and O–H groups in total. The van der Waals surface area contributed by atoms with Crippen molar-refractivity contribution in [1.82, 2.24) is 10.2 Å². The normalized spacial score (nSPS) is 29.8. The van der Waals surface area contributed by atoms with Crippen molar-refractivity contribution in [1.29, 1.82) is 0 Å². The van der Waals surface area contributed by atoms with E-state index in [1.807, 2.05) is 13.0 Å². The highest BCUT2D eigenvalue weighted by Crippen LogP contribution is 2.37. The highest BCUT2D eigenvalue weighted by atomic mass is 79.9. The summed E-state index contributed by atoms with van der Waals surface area (Å²) in [6.45, 7) is 7.29. The maximum atomic E-state index is 12.7. The molecule has 2 aliphatic rings. The van der Waals surface area contributed by atoms with Gasteiger partial charge in [-0.2, -0.15) is 0 Å². The van der Waals surface area contributed by atoms with E-state index >= 15 is 0 Å². The Morgan fingerprint density at radius 1 is 1.58 bits per heavy atom. The average molecular weight is 343 g/mol. The van der Waals surface area contributed by atoms with Gasteiger partial charge in [0, 0.05) is 25.7 Å². The summed E-state index contributed by atoms with van der Waals surface area (Å²) in [5.74, 6) is 1.52. The first-order valence-electron chi connectivity index (χ1n) is 6.89. The van der Waals surface area contributed by atoms with Crippen LogP contribution in [0.3, 0.4) is 0 Å². The van der Waals surface area contributed by atoms with Crippen LogP contribution in [0.5, 0.6) is 0 Å². The molecule has 3 atom stereocenters. The Bertz CT molecular complexity index is 482. The fourth-order valence-electron chi connectivity index (χ4n) is 3.49. The minimum Gasteiger partial charge on any atom is -0.334 e. The molecular formula is C14H19BrN2OS. The number of aryl methyl sites for hydroxylation is 1. The zero-order valence-corrected chi connectivity index (χ0v) is 13.7. The van der Waals surface area contributed by atoms with Gasteiger partial charge in [0.05, 0.1) is 8.66 Å². The van der Waals surface area contributed by atoms with Gasteiger partial charge in [0.2, 0.25) is 0 Å². The number of nitrogens with one attached hydrogen (secondary N) is 1. The second-order valence-electron chi connectivity index (χ2n) is 5.58. The lowest BCUT2D eigenvalue weighted by Gasteiger charge is -2.26. The summed E-state index contributed by atoms with van der Waals surface area (Å²) in [4.78, 5) is 15.7. The molecule has 0 aliphatic carbocycles. The van der Waals surface area contributed by atoms with Crippen LogP contribution in [0.25, 0.3) is 0 Å². The highest BCUT2D eigenvalue weighted by Gasteiger charge is 2.45. The number of thiophene rings is 1. The van der Waals surface area contributed by atoms with E-state index in [-0.39, 0.29) is 5.91 Å². The van der Waals surface area contributed by atoms with Crippen molar-refractivity contribution in [2.24, 2.45) is 11.8 Å². The van der Waals surface area contributed by atoms with E-state index in [1.54, 1.807) is 11.3 Å². The van der Waals surface area contributed by atoms with Crippen LogP contribution in [0.1, 0.15) is 28.6 Å². The van der Waals surface area contributed by atoms with E-state index < -0.39 is 0 Å². The van der Waals surface area contributed by atoms with Gasteiger partial charge in [0.15, 0.2) is 0 Å². The lowest BCUT2D eigenvalue weighted by molar-refractivity contribution is 0.0716. The molecular weight excluding hydrogens is 324 g/mol. The first kappa shape index (κ1) is 13.6. The van der Waals surface area contributed by atoms with Gasteiger partial charge < -0.3 is 10.2 Å². The standard InChI is InChI=1S/C14H19BrN2OS/c1-3-11-10-6-16-5-9(10)7-17(11)14(18)12-4-8(2)13(15)19-12/h4,9-11,16H,3,5-7H2,1-2H3. The molecule has 3 heterocycles. The van der Waals surface area contributed by atoms with E-state index in [0.717, 1.165) is 40.3 Å². The third-order valence-electron chi connectivity index (χ3n) is 4.46. The lowest BCUT2D eigenvalue weighted by atomic mass is 9.93. The summed E-state index contributed by atoms with van der Waals surface area (Å²) in [5.41, 5.74) is 1.16. The zero-order chi connectivity index (χ0) is 13.6. The largest absolute Gasteiger partial charge is 0.334 e. The molecule has 3 nitrogen and oxygen atoms in total. The molecule has 0 saturated carbocycles. The van der Waals surface area contributed by atoms with Gasteiger partial charge in [-0.25, -0.2) is 0 Å². The molecule has 0 radical (unpaired) electrons. The number of hydrogen-bond donors (Lipinski definition) is 1. The number of halogens is 1. The van der Waals surface area contributed by atoms with E-state index in [9.17, 15) is 4.79 Å². The predicted octanol–water partition coefficient (Wildman–Crippen LogP) is 2.89. The van der Waals surface area contributed by atoms with Crippen LogP contribution in [0.4, 0.5) is 0 Å². The van der Waals surface area contributed by atoms with Crippen molar-refractivity contribution in [2.45, 2.75) is 26.3 Å². The molecule has 19 heavy (non-hydrogen) atoms. The monoisotopic (exact) mass is 342 g/mol. The van der Waals surface area contributed by atoms with Crippen molar-refractivity contribution in [2.75, 3.05) is 19.6 Å². The van der Waals surface area contributed by atoms with Crippen molar-refractivity contribution in [3.8, 4) is 0 Å². The third kappa shape index (κ3) is 2.26. The fourth-order valence-corrected chi connectivity index (χ4v) is 4.98. The Hall–Kier alpha value is -0.390. The number of fused-ring (bicyclic) bond motifs is 1. The van der Waals surface area contributed by atoms with Crippen molar-refractivity contribution >= 4 is 33.2 Å². The molecule has 104 valence electrons. The molecule has 2 aliphatic heterocycles. The van der Waals surface area contributed by atoms with Crippen molar-refractivity contribution in [3.05, 3.63) is 20.3 Å². The number of hydrogen-bond acceptors (Lipinski definition) is 3. The molecule has 0 bridgehead atoms. The van der Waals surface area contributed by atoms with Crippen LogP contribution >= 0.6 is 27.3 Å². The Morgan fingerprint density at radius 3 is 3.00 bits per heavy atom. The molecule has 1 aromatic heterocycles. The van der Waals surface area contributed by atoms with Gasteiger partial charge >= 0.3 is 0 Å². The molecule has 1 amide bonds. The van der Waals surface area contributed by atoms with E-state index in [0.29, 0.717) is 17.9 Å². The first-order chi connectivity index (χ1) is 9.11. The van der Waals surface area contributed by atoms with Gasteiger partial charge in [-0.15, -0.1) is 11.3 Å². The second kappa shape index (κ2) is 5.19. The zero-order valence-electron chi connectivity index (χ0n) is 11.3. The Balaban J connectivity index is 1.83. The summed E-state index contributed by atoms with van der Waals surface area (Å²) in [7, 11) is 0. The number of likely N-dealkylation sites (tertiary alicyclic amines) is 1. The minimum atomic E-state index is 0.222.